The van der Waals surface area contributed by atoms with Crippen LogP contribution in [-0.4, -0.2) is 25.2 Å². The van der Waals surface area contributed by atoms with Crippen LogP contribution in [0.15, 0.2) is 40.5 Å². The molecule has 0 aliphatic rings. The lowest BCUT2D eigenvalue weighted by atomic mass is 10.1. The average Bonchev–Trinajstić information content (AvgIpc) is 3.12. The lowest BCUT2D eigenvalue weighted by Crippen LogP contribution is -2.23. The first-order chi connectivity index (χ1) is 11.6. The fraction of sp³-hybridized carbons (Fsp3) is 0.176. The standard InChI is InChI=1S/C17H16N2O5/c1-22-14-7-11(8-15(23-2)16(14)20)6-12(9-18)17(21)19-10-13-4-3-5-24-13/h3-8,20H,10H2,1-2H3,(H,19,21)/b12-6+. The monoisotopic (exact) mass is 328 g/mol. The van der Waals surface area contributed by atoms with Gasteiger partial charge in [0.25, 0.3) is 5.91 Å². The molecule has 1 heterocycles. The number of nitriles is 1. The number of rotatable bonds is 6. The van der Waals surface area contributed by atoms with Crippen LogP contribution >= 0.6 is 0 Å². The van der Waals surface area contributed by atoms with Crippen molar-refractivity contribution >= 4 is 12.0 Å². The van der Waals surface area contributed by atoms with Crippen LogP contribution in [0, 0.1) is 11.3 Å². The maximum Gasteiger partial charge on any atom is 0.262 e. The summed E-state index contributed by atoms with van der Waals surface area (Å²) < 4.78 is 15.2. The van der Waals surface area contributed by atoms with Crippen LogP contribution in [0.4, 0.5) is 0 Å². The van der Waals surface area contributed by atoms with Crippen molar-refractivity contribution in [3.63, 3.8) is 0 Å². The van der Waals surface area contributed by atoms with Crippen molar-refractivity contribution in [2.45, 2.75) is 6.54 Å². The van der Waals surface area contributed by atoms with E-state index < -0.39 is 5.91 Å². The highest BCUT2D eigenvalue weighted by atomic mass is 16.5. The Hall–Kier alpha value is -3.40. The van der Waals surface area contributed by atoms with E-state index in [0.29, 0.717) is 11.3 Å². The lowest BCUT2D eigenvalue weighted by molar-refractivity contribution is -0.117. The molecule has 24 heavy (non-hydrogen) atoms. The maximum atomic E-state index is 12.1. The average molecular weight is 328 g/mol. The van der Waals surface area contributed by atoms with Gasteiger partial charge >= 0.3 is 0 Å². The number of hydrogen-bond acceptors (Lipinski definition) is 6. The third-order valence-corrected chi connectivity index (χ3v) is 3.18. The van der Waals surface area contributed by atoms with Crippen molar-refractivity contribution in [1.29, 1.82) is 5.26 Å². The third-order valence-electron chi connectivity index (χ3n) is 3.18. The smallest absolute Gasteiger partial charge is 0.262 e. The molecule has 0 spiro atoms. The van der Waals surface area contributed by atoms with E-state index in [9.17, 15) is 15.2 Å². The number of hydrogen-bond donors (Lipinski definition) is 2. The van der Waals surface area contributed by atoms with E-state index in [2.05, 4.69) is 5.32 Å². The van der Waals surface area contributed by atoms with Gasteiger partial charge in [0.2, 0.25) is 5.75 Å². The van der Waals surface area contributed by atoms with Crippen LogP contribution in [0.25, 0.3) is 6.08 Å². The van der Waals surface area contributed by atoms with Crippen LogP contribution < -0.4 is 14.8 Å². The molecule has 0 unspecified atom stereocenters. The first kappa shape index (κ1) is 17.0. The Bertz CT molecular complexity index is 763. The number of carbonyl (C=O) groups is 1. The number of nitrogens with zero attached hydrogens (tertiary/aromatic N) is 1. The Morgan fingerprint density at radius 1 is 1.38 bits per heavy atom. The minimum atomic E-state index is -0.542. The zero-order valence-corrected chi connectivity index (χ0v) is 13.2. The summed E-state index contributed by atoms with van der Waals surface area (Å²) >= 11 is 0. The van der Waals surface area contributed by atoms with Crippen molar-refractivity contribution in [2.24, 2.45) is 0 Å². The highest BCUT2D eigenvalue weighted by Gasteiger charge is 2.13. The van der Waals surface area contributed by atoms with Crippen LogP contribution in [0.3, 0.4) is 0 Å². The number of amides is 1. The van der Waals surface area contributed by atoms with Gasteiger partial charge in [0.05, 0.1) is 27.0 Å². The molecule has 1 aromatic carbocycles. The van der Waals surface area contributed by atoms with Crippen molar-refractivity contribution in [3.05, 3.63) is 47.4 Å². The number of benzene rings is 1. The number of nitrogens with one attached hydrogen (secondary N) is 1. The molecule has 7 heteroatoms. The van der Waals surface area contributed by atoms with E-state index >= 15 is 0 Å². The van der Waals surface area contributed by atoms with E-state index in [1.54, 1.807) is 12.1 Å². The first-order valence-corrected chi connectivity index (χ1v) is 6.96. The van der Waals surface area contributed by atoms with Gasteiger partial charge in [0.15, 0.2) is 11.5 Å². The predicted octanol–water partition coefficient (Wildman–Crippen LogP) is 2.23. The Kier molecular flexibility index (Phi) is 5.47. The zero-order valence-electron chi connectivity index (χ0n) is 13.2. The summed E-state index contributed by atoms with van der Waals surface area (Å²) in [5, 5.41) is 21.7. The number of ether oxygens (including phenoxy) is 2. The number of carbonyl (C=O) groups excluding carboxylic acids is 1. The van der Waals surface area contributed by atoms with E-state index in [0.717, 1.165) is 0 Å². The minimum absolute atomic E-state index is 0.101. The molecule has 124 valence electrons. The lowest BCUT2D eigenvalue weighted by Gasteiger charge is -2.09. The molecule has 7 nitrogen and oxygen atoms in total. The van der Waals surface area contributed by atoms with E-state index in [1.807, 2.05) is 6.07 Å². The van der Waals surface area contributed by atoms with Gasteiger partial charge in [-0.2, -0.15) is 5.26 Å². The Morgan fingerprint density at radius 2 is 2.04 bits per heavy atom. The molecule has 0 atom stereocenters. The molecule has 0 bridgehead atoms. The second kappa shape index (κ2) is 7.74. The molecule has 0 fully saturated rings. The van der Waals surface area contributed by atoms with Gasteiger partial charge in [-0.15, -0.1) is 0 Å². The molecule has 2 N–H and O–H groups in total. The van der Waals surface area contributed by atoms with E-state index in [4.69, 9.17) is 13.9 Å². The normalized spacial score (nSPS) is 10.8. The molecule has 0 saturated heterocycles. The number of furan rings is 1. The van der Waals surface area contributed by atoms with E-state index in [-0.39, 0.29) is 29.4 Å². The molecule has 0 radical (unpaired) electrons. The second-order valence-corrected chi connectivity index (χ2v) is 4.71. The Morgan fingerprint density at radius 3 is 2.54 bits per heavy atom. The summed E-state index contributed by atoms with van der Waals surface area (Å²) in [6.07, 6.45) is 2.87. The van der Waals surface area contributed by atoms with Crippen molar-refractivity contribution in [3.8, 4) is 23.3 Å². The van der Waals surface area contributed by atoms with Gasteiger partial charge in [-0.3, -0.25) is 4.79 Å². The highest BCUT2D eigenvalue weighted by Crippen LogP contribution is 2.37. The molecule has 0 saturated carbocycles. The fourth-order valence-electron chi connectivity index (χ4n) is 1.99. The molecule has 2 aromatic rings. The van der Waals surface area contributed by atoms with Gasteiger partial charge in [0, 0.05) is 0 Å². The molecular weight excluding hydrogens is 312 g/mol. The Labute approximate surface area is 138 Å². The van der Waals surface area contributed by atoms with Gasteiger partial charge in [-0.05, 0) is 35.9 Å². The van der Waals surface area contributed by atoms with Gasteiger partial charge < -0.3 is 24.3 Å². The summed E-state index contributed by atoms with van der Waals surface area (Å²) in [6, 6.07) is 8.25. The third kappa shape index (κ3) is 3.87. The Balaban J connectivity index is 2.23. The predicted molar refractivity (Wildman–Crippen MR) is 85.4 cm³/mol. The summed E-state index contributed by atoms with van der Waals surface area (Å²) in [7, 11) is 2.78. The molecule has 1 amide bonds. The van der Waals surface area contributed by atoms with Gasteiger partial charge in [-0.1, -0.05) is 0 Å². The minimum Gasteiger partial charge on any atom is -0.502 e. The summed E-state index contributed by atoms with van der Waals surface area (Å²) in [5.74, 6) is 0.231. The van der Waals surface area contributed by atoms with E-state index in [1.165, 1.54) is 38.7 Å². The number of phenolic OH excluding ortho intramolecular Hbond substituents is 1. The quantitative estimate of drug-likeness (QED) is 0.622. The summed E-state index contributed by atoms with van der Waals surface area (Å²) in [4.78, 5) is 12.1. The number of aromatic hydroxyl groups is 1. The summed E-state index contributed by atoms with van der Waals surface area (Å²) in [6.45, 7) is 0.174. The van der Waals surface area contributed by atoms with Crippen LogP contribution in [0.2, 0.25) is 0 Å². The topological polar surface area (TPSA) is 105 Å². The number of methoxy groups -OCH3 is 2. The van der Waals surface area contributed by atoms with Crippen molar-refractivity contribution < 1.29 is 23.8 Å². The molecule has 0 aliphatic heterocycles. The van der Waals surface area contributed by atoms with Crippen molar-refractivity contribution in [2.75, 3.05) is 14.2 Å². The van der Waals surface area contributed by atoms with Crippen LogP contribution in [-0.2, 0) is 11.3 Å². The highest BCUT2D eigenvalue weighted by molar-refractivity contribution is 6.01. The molecule has 1 aromatic heterocycles. The van der Waals surface area contributed by atoms with Crippen molar-refractivity contribution in [1.82, 2.24) is 5.32 Å². The second-order valence-electron chi connectivity index (χ2n) is 4.71. The largest absolute Gasteiger partial charge is 0.502 e. The van der Waals surface area contributed by atoms with Crippen LogP contribution in [0.1, 0.15) is 11.3 Å². The molecular formula is C17H16N2O5. The molecule has 2 rings (SSSR count). The van der Waals surface area contributed by atoms with Crippen LogP contribution in [0.5, 0.6) is 17.2 Å². The fourth-order valence-corrected chi connectivity index (χ4v) is 1.99. The number of phenols is 1. The first-order valence-electron chi connectivity index (χ1n) is 6.96. The SMILES string of the molecule is COc1cc(/C=C(\C#N)C(=O)NCc2ccco2)cc(OC)c1O. The maximum absolute atomic E-state index is 12.1. The summed E-state index contributed by atoms with van der Waals surface area (Å²) in [5.41, 5.74) is 0.377. The zero-order chi connectivity index (χ0) is 17.5. The van der Waals surface area contributed by atoms with Gasteiger partial charge in [0.1, 0.15) is 17.4 Å². The molecule has 0 aliphatic carbocycles. The van der Waals surface area contributed by atoms with Gasteiger partial charge in [-0.25, -0.2) is 0 Å².